The van der Waals surface area contributed by atoms with Crippen molar-refractivity contribution in [1.29, 1.82) is 0 Å². The van der Waals surface area contributed by atoms with Crippen molar-refractivity contribution in [2.75, 3.05) is 20.3 Å². The summed E-state index contributed by atoms with van der Waals surface area (Å²) < 4.78 is 6.52. The van der Waals surface area contributed by atoms with Crippen LogP contribution in [0.3, 0.4) is 0 Å². The van der Waals surface area contributed by atoms with E-state index in [-0.39, 0.29) is 19.1 Å². The number of hydrogen-bond acceptors (Lipinski definition) is 4. The molecule has 1 saturated heterocycles. The van der Waals surface area contributed by atoms with Crippen molar-refractivity contribution < 1.29 is 14.3 Å². The Morgan fingerprint density at radius 2 is 2.35 bits per heavy atom. The van der Waals surface area contributed by atoms with Crippen molar-refractivity contribution >= 4 is 23.4 Å². The predicted molar refractivity (Wildman–Crippen MR) is 72.0 cm³/mol. The molecule has 2 rings (SSSR count). The van der Waals surface area contributed by atoms with Crippen LogP contribution >= 0.6 is 11.6 Å². The number of aromatic nitrogens is 2. The van der Waals surface area contributed by atoms with Crippen LogP contribution in [-0.2, 0) is 20.9 Å². The van der Waals surface area contributed by atoms with Gasteiger partial charge in [0.1, 0.15) is 12.1 Å². The Bertz CT molecular complexity index is 519. The molecule has 2 amide bonds. The monoisotopic (exact) mass is 300 g/mol. The quantitative estimate of drug-likeness (QED) is 0.830. The minimum absolute atomic E-state index is 0.0193. The molecule has 1 atom stereocenters. The molecule has 2 heterocycles. The van der Waals surface area contributed by atoms with Crippen molar-refractivity contribution in [3.8, 4) is 0 Å². The van der Waals surface area contributed by atoms with Crippen molar-refractivity contribution in [2.24, 2.45) is 5.73 Å². The summed E-state index contributed by atoms with van der Waals surface area (Å²) in [7, 11) is 1.49. The highest BCUT2D eigenvalue weighted by Gasteiger charge is 2.48. The maximum Gasteiger partial charge on any atom is 0.245 e. The smallest absolute Gasteiger partial charge is 0.245 e. The Morgan fingerprint density at radius 1 is 1.60 bits per heavy atom. The van der Waals surface area contributed by atoms with Gasteiger partial charge >= 0.3 is 0 Å². The fraction of sp³-hybridized carbons (Fsp3) is 0.583. The van der Waals surface area contributed by atoms with Gasteiger partial charge < -0.3 is 15.4 Å². The third kappa shape index (κ3) is 2.64. The molecule has 1 aromatic heterocycles. The normalized spacial score (nSPS) is 22.2. The SMILES string of the molecule is COCC1(C(N)=O)CCCN1C(=O)Cn1cc(Cl)cn1. The molecule has 1 unspecified atom stereocenters. The van der Waals surface area contributed by atoms with Gasteiger partial charge in [-0.15, -0.1) is 0 Å². The van der Waals surface area contributed by atoms with Gasteiger partial charge in [-0.25, -0.2) is 0 Å². The third-order valence-corrected chi connectivity index (χ3v) is 3.73. The fourth-order valence-electron chi connectivity index (χ4n) is 2.61. The fourth-order valence-corrected chi connectivity index (χ4v) is 2.76. The highest BCUT2D eigenvalue weighted by atomic mass is 35.5. The minimum Gasteiger partial charge on any atom is -0.382 e. The molecule has 8 heteroatoms. The maximum atomic E-state index is 12.4. The average Bonchev–Trinajstić information content (AvgIpc) is 2.97. The van der Waals surface area contributed by atoms with Crippen LogP contribution in [0.2, 0.25) is 5.02 Å². The summed E-state index contributed by atoms with van der Waals surface area (Å²) in [4.78, 5) is 25.7. The molecule has 1 fully saturated rings. The van der Waals surface area contributed by atoms with Gasteiger partial charge in [0.25, 0.3) is 0 Å². The molecule has 1 aliphatic heterocycles. The number of nitrogens with zero attached hydrogens (tertiary/aromatic N) is 3. The van der Waals surface area contributed by atoms with E-state index < -0.39 is 11.4 Å². The number of carbonyl (C=O) groups excluding carboxylic acids is 2. The van der Waals surface area contributed by atoms with Crippen LogP contribution in [0.25, 0.3) is 0 Å². The summed E-state index contributed by atoms with van der Waals surface area (Å²) in [6.07, 6.45) is 4.24. The molecule has 0 aromatic carbocycles. The number of rotatable bonds is 5. The Labute approximate surface area is 121 Å². The molecule has 0 radical (unpaired) electrons. The lowest BCUT2D eigenvalue weighted by Gasteiger charge is -2.35. The molecule has 1 aliphatic rings. The minimum atomic E-state index is -1.05. The molecule has 2 N–H and O–H groups in total. The Morgan fingerprint density at radius 3 is 2.90 bits per heavy atom. The molecule has 20 heavy (non-hydrogen) atoms. The number of hydrogen-bond donors (Lipinski definition) is 1. The van der Waals surface area contributed by atoms with Crippen molar-refractivity contribution in [3.63, 3.8) is 0 Å². The van der Waals surface area contributed by atoms with Crippen molar-refractivity contribution in [3.05, 3.63) is 17.4 Å². The van der Waals surface area contributed by atoms with Gasteiger partial charge in [0.2, 0.25) is 11.8 Å². The van der Waals surface area contributed by atoms with E-state index in [9.17, 15) is 9.59 Å². The summed E-state index contributed by atoms with van der Waals surface area (Å²) >= 11 is 5.76. The number of amides is 2. The van der Waals surface area contributed by atoms with E-state index in [1.807, 2.05) is 0 Å². The van der Waals surface area contributed by atoms with Crippen molar-refractivity contribution in [1.82, 2.24) is 14.7 Å². The zero-order valence-electron chi connectivity index (χ0n) is 11.2. The van der Waals surface area contributed by atoms with Crippen LogP contribution in [0.4, 0.5) is 0 Å². The summed E-state index contributed by atoms with van der Waals surface area (Å²) in [5.74, 6) is -0.762. The molecule has 7 nitrogen and oxygen atoms in total. The van der Waals surface area contributed by atoms with Crippen LogP contribution in [-0.4, -0.2) is 52.3 Å². The van der Waals surface area contributed by atoms with Crippen LogP contribution in [0, 0.1) is 0 Å². The van der Waals surface area contributed by atoms with Gasteiger partial charge in [-0.3, -0.25) is 14.3 Å². The van der Waals surface area contributed by atoms with Crippen LogP contribution in [0.15, 0.2) is 12.4 Å². The summed E-state index contributed by atoms with van der Waals surface area (Å²) in [6.45, 7) is 0.611. The van der Waals surface area contributed by atoms with Crippen LogP contribution in [0.5, 0.6) is 0 Å². The second-order valence-corrected chi connectivity index (χ2v) is 5.27. The molecule has 0 spiro atoms. The van der Waals surface area contributed by atoms with Gasteiger partial charge in [0.05, 0.1) is 17.8 Å². The van der Waals surface area contributed by atoms with Gasteiger partial charge in [-0.1, -0.05) is 11.6 Å². The zero-order valence-corrected chi connectivity index (χ0v) is 12.0. The van der Waals surface area contributed by atoms with Gasteiger partial charge in [-0.2, -0.15) is 5.10 Å². The highest BCUT2D eigenvalue weighted by molar-refractivity contribution is 6.30. The molecule has 0 aliphatic carbocycles. The molecule has 0 bridgehead atoms. The average molecular weight is 301 g/mol. The van der Waals surface area contributed by atoms with E-state index in [4.69, 9.17) is 22.1 Å². The topological polar surface area (TPSA) is 90.5 Å². The number of halogens is 1. The molecule has 1 aromatic rings. The van der Waals surface area contributed by atoms with E-state index >= 15 is 0 Å². The number of nitrogens with two attached hydrogens (primary N) is 1. The summed E-state index contributed by atoms with van der Waals surface area (Å²) in [6, 6.07) is 0. The van der Waals surface area contributed by atoms with E-state index in [1.54, 1.807) is 6.20 Å². The summed E-state index contributed by atoms with van der Waals surface area (Å²) in [5.41, 5.74) is 4.44. The number of ether oxygens (including phenoxy) is 1. The highest BCUT2D eigenvalue weighted by Crippen LogP contribution is 2.30. The second kappa shape index (κ2) is 5.80. The first-order chi connectivity index (χ1) is 9.49. The number of likely N-dealkylation sites (tertiary alicyclic amines) is 1. The Balaban J connectivity index is 2.16. The lowest BCUT2D eigenvalue weighted by Crippen LogP contribution is -2.59. The standard InChI is InChI=1S/C12H17ClN4O3/c1-20-8-12(11(14)19)3-2-4-17(12)10(18)7-16-6-9(13)5-15-16/h5-6H,2-4,7-8H2,1H3,(H2,14,19). The van der Waals surface area contributed by atoms with Gasteiger partial charge in [0, 0.05) is 19.9 Å². The first-order valence-electron chi connectivity index (χ1n) is 6.27. The third-order valence-electron chi connectivity index (χ3n) is 3.53. The second-order valence-electron chi connectivity index (χ2n) is 4.83. The molecular formula is C12H17ClN4O3. The molecule has 0 saturated carbocycles. The zero-order chi connectivity index (χ0) is 14.8. The Kier molecular flexibility index (Phi) is 4.29. The van der Waals surface area contributed by atoms with Crippen molar-refractivity contribution in [2.45, 2.75) is 24.9 Å². The van der Waals surface area contributed by atoms with E-state index in [2.05, 4.69) is 5.10 Å². The predicted octanol–water partition coefficient (Wildman–Crippen LogP) is 0.0294. The lowest BCUT2D eigenvalue weighted by atomic mass is 9.96. The lowest BCUT2D eigenvalue weighted by molar-refractivity contribution is -0.147. The molecule has 110 valence electrons. The Hall–Kier alpha value is -1.60. The molecular weight excluding hydrogens is 284 g/mol. The maximum absolute atomic E-state index is 12.4. The number of carbonyl (C=O) groups is 2. The van der Waals surface area contributed by atoms with Crippen LogP contribution < -0.4 is 5.73 Å². The largest absolute Gasteiger partial charge is 0.382 e. The first kappa shape index (κ1) is 14.8. The number of methoxy groups -OCH3 is 1. The van der Waals surface area contributed by atoms with Crippen LogP contribution in [0.1, 0.15) is 12.8 Å². The number of primary amides is 1. The van der Waals surface area contributed by atoms with Gasteiger partial charge in [-0.05, 0) is 12.8 Å². The van der Waals surface area contributed by atoms with Gasteiger partial charge in [0.15, 0.2) is 0 Å². The van der Waals surface area contributed by atoms with E-state index in [0.29, 0.717) is 18.0 Å². The van der Waals surface area contributed by atoms with E-state index in [1.165, 1.54) is 22.9 Å². The van der Waals surface area contributed by atoms with E-state index in [0.717, 1.165) is 6.42 Å². The first-order valence-corrected chi connectivity index (χ1v) is 6.64. The summed E-state index contributed by atoms with van der Waals surface area (Å²) in [5, 5.41) is 4.41.